The molecular weight excluding hydrogens is 566 g/mol. The van der Waals surface area contributed by atoms with Crippen molar-refractivity contribution >= 4 is 40.8 Å². The van der Waals surface area contributed by atoms with Crippen LogP contribution in [0.3, 0.4) is 0 Å². The van der Waals surface area contributed by atoms with Gasteiger partial charge >= 0.3 is 12.2 Å². The van der Waals surface area contributed by atoms with Crippen molar-refractivity contribution in [2.45, 2.75) is 31.5 Å². The van der Waals surface area contributed by atoms with Crippen molar-refractivity contribution in [3.63, 3.8) is 0 Å². The highest BCUT2D eigenvalue weighted by Gasteiger charge is 2.41. The Morgan fingerprint density at radius 1 is 1.20 bits per heavy atom. The number of urea groups is 1. The van der Waals surface area contributed by atoms with Gasteiger partial charge in [0.05, 0.1) is 18.8 Å². The van der Waals surface area contributed by atoms with E-state index in [1.165, 1.54) is 24.3 Å². The van der Waals surface area contributed by atoms with Crippen LogP contribution in [0.1, 0.15) is 24.0 Å². The molecule has 212 valence electrons. The van der Waals surface area contributed by atoms with Gasteiger partial charge in [-0.05, 0) is 66.4 Å². The van der Waals surface area contributed by atoms with Crippen molar-refractivity contribution < 1.29 is 23.1 Å². The fourth-order valence-electron chi connectivity index (χ4n) is 4.48. The van der Waals surface area contributed by atoms with Crippen LogP contribution in [0.2, 0.25) is 10.0 Å². The van der Waals surface area contributed by atoms with Gasteiger partial charge in [-0.3, -0.25) is 15.3 Å². The Morgan fingerprint density at radius 2 is 1.93 bits per heavy atom. The number of aliphatic imine (C=N–C) groups is 1. The number of amides is 2. The lowest BCUT2D eigenvalue weighted by Crippen LogP contribution is -2.51. The second-order valence-electron chi connectivity index (χ2n) is 9.42. The van der Waals surface area contributed by atoms with Crippen LogP contribution in [0.25, 0.3) is 0 Å². The number of aliphatic hydroxyl groups is 1. The van der Waals surface area contributed by atoms with Crippen molar-refractivity contribution in [1.29, 1.82) is 5.41 Å². The Bertz CT molecular complexity index is 1360. The van der Waals surface area contributed by atoms with Gasteiger partial charge in [0.1, 0.15) is 5.84 Å². The number of carbonyl (C=O) groups is 1. The summed E-state index contributed by atoms with van der Waals surface area (Å²) in [5, 5.41) is 25.1. The number of rotatable bonds is 7. The number of allylic oxidation sites excluding steroid dienone is 2. The van der Waals surface area contributed by atoms with Crippen LogP contribution < -0.4 is 10.6 Å². The van der Waals surface area contributed by atoms with Gasteiger partial charge in [-0.1, -0.05) is 47.5 Å². The van der Waals surface area contributed by atoms with Crippen LogP contribution in [0.5, 0.6) is 0 Å². The molecule has 1 atom stereocenters. The van der Waals surface area contributed by atoms with Crippen LogP contribution in [-0.4, -0.2) is 66.0 Å². The molecule has 2 amide bonds. The lowest BCUT2D eigenvalue weighted by molar-refractivity contribution is -0.204. The van der Waals surface area contributed by atoms with Gasteiger partial charge in [0.25, 0.3) is 0 Å². The fourth-order valence-corrected chi connectivity index (χ4v) is 4.82. The standard InChI is InChI=1S/C28H28Cl2F3N5O2/c29-20-8-5-18(6-9-20)26(34)38(16-25(39)28(31,32)33)27(40)36-15-24-22-11-12-35-14-19(22)13-21(37-24)10-7-17-3-1-2-4-23(17)30/h1-6,8-10,25,34-35,39H,7,11-16H2,(H,36,40)/t25-/m0/s1. The molecule has 0 saturated heterocycles. The van der Waals surface area contributed by atoms with E-state index in [2.05, 4.69) is 10.6 Å². The van der Waals surface area contributed by atoms with Crippen molar-refractivity contribution in [1.82, 2.24) is 15.5 Å². The molecule has 2 aromatic rings. The molecule has 4 rings (SSSR count). The second kappa shape index (κ2) is 13.0. The van der Waals surface area contributed by atoms with Gasteiger partial charge in [0.15, 0.2) is 6.10 Å². The molecule has 0 spiro atoms. The van der Waals surface area contributed by atoms with Crippen molar-refractivity contribution in [2.24, 2.45) is 4.99 Å². The van der Waals surface area contributed by atoms with E-state index in [0.717, 1.165) is 29.0 Å². The Balaban J connectivity index is 1.55. The number of hydrogen-bond donors (Lipinski definition) is 4. The Morgan fingerprint density at radius 3 is 2.62 bits per heavy atom. The summed E-state index contributed by atoms with van der Waals surface area (Å²) in [5.74, 6) is -0.509. The minimum atomic E-state index is -4.97. The highest BCUT2D eigenvalue weighted by Crippen LogP contribution is 2.28. The minimum absolute atomic E-state index is 0.0619. The lowest BCUT2D eigenvalue weighted by Gasteiger charge is -2.29. The van der Waals surface area contributed by atoms with Crippen molar-refractivity contribution in [3.05, 3.63) is 92.6 Å². The number of halogens is 5. The quantitative estimate of drug-likeness (QED) is 0.251. The van der Waals surface area contributed by atoms with Crippen LogP contribution in [0.4, 0.5) is 18.0 Å². The zero-order valence-electron chi connectivity index (χ0n) is 21.4. The van der Waals surface area contributed by atoms with Gasteiger partial charge < -0.3 is 15.7 Å². The van der Waals surface area contributed by atoms with E-state index < -0.39 is 30.7 Å². The average molecular weight is 594 g/mol. The molecule has 4 N–H and O–H groups in total. The van der Waals surface area contributed by atoms with Gasteiger partial charge in [0.2, 0.25) is 0 Å². The minimum Gasteiger partial charge on any atom is -0.382 e. The molecule has 40 heavy (non-hydrogen) atoms. The summed E-state index contributed by atoms with van der Waals surface area (Å²) < 4.78 is 39.5. The molecule has 0 fully saturated rings. The average Bonchev–Trinajstić information content (AvgIpc) is 2.93. The van der Waals surface area contributed by atoms with Gasteiger partial charge in [-0.15, -0.1) is 0 Å². The van der Waals surface area contributed by atoms with Crippen LogP contribution in [-0.2, 0) is 6.42 Å². The first-order valence-corrected chi connectivity index (χ1v) is 13.3. The largest absolute Gasteiger partial charge is 0.416 e. The first-order chi connectivity index (χ1) is 19.0. The third-order valence-electron chi connectivity index (χ3n) is 6.63. The second-order valence-corrected chi connectivity index (χ2v) is 10.3. The molecule has 2 aliphatic heterocycles. The van der Waals surface area contributed by atoms with Crippen LogP contribution in [0.15, 0.2) is 76.4 Å². The van der Waals surface area contributed by atoms with E-state index >= 15 is 0 Å². The molecule has 2 aliphatic rings. The summed E-state index contributed by atoms with van der Waals surface area (Å²) in [7, 11) is 0. The molecule has 0 bridgehead atoms. The molecule has 0 radical (unpaired) electrons. The van der Waals surface area contributed by atoms with Gasteiger partial charge in [0, 0.05) is 34.3 Å². The van der Waals surface area contributed by atoms with E-state index in [0.29, 0.717) is 46.5 Å². The maximum atomic E-state index is 13.2. The predicted molar refractivity (Wildman–Crippen MR) is 150 cm³/mol. The maximum Gasteiger partial charge on any atom is 0.416 e. The molecule has 7 nitrogen and oxygen atoms in total. The number of aliphatic hydroxyl groups excluding tert-OH is 1. The molecule has 0 aromatic heterocycles. The number of alkyl halides is 3. The smallest absolute Gasteiger partial charge is 0.382 e. The number of nitrogens with zero attached hydrogens (tertiary/aromatic N) is 2. The van der Waals surface area contributed by atoms with Crippen LogP contribution >= 0.6 is 23.2 Å². The highest BCUT2D eigenvalue weighted by atomic mass is 35.5. The molecule has 2 heterocycles. The SMILES string of the molecule is N=C(c1ccc(Cl)cc1)N(C[C@H](O)C(F)(F)F)C(=O)NCC1=NC(=CCc2ccccc2Cl)CC2=C1CCNC2. The van der Waals surface area contributed by atoms with Crippen molar-refractivity contribution in [3.8, 4) is 0 Å². The third kappa shape index (κ3) is 7.51. The first kappa shape index (κ1) is 29.8. The lowest BCUT2D eigenvalue weighted by atomic mass is 9.90. The summed E-state index contributed by atoms with van der Waals surface area (Å²) in [6, 6.07) is 12.3. The zero-order chi connectivity index (χ0) is 28.9. The van der Waals surface area contributed by atoms with E-state index in [1.54, 1.807) is 0 Å². The Kier molecular flexibility index (Phi) is 9.68. The van der Waals surface area contributed by atoms with Crippen LogP contribution in [0, 0.1) is 5.41 Å². The van der Waals surface area contributed by atoms with E-state index in [-0.39, 0.29) is 12.1 Å². The normalized spacial score (nSPS) is 17.2. The maximum absolute atomic E-state index is 13.2. The third-order valence-corrected chi connectivity index (χ3v) is 7.25. The van der Waals surface area contributed by atoms with E-state index in [4.69, 9.17) is 33.6 Å². The highest BCUT2D eigenvalue weighted by molar-refractivity contribution is 6.31. The molecule has 12 heteroatoms. The number of carbonyl (C=O) groups excluding carboxylic acids is 1. The van der Waals surface area contributed by atoms with Crippen molar-refractivity contribution in [2.75, 3.05) is 26.2 Å². The zero-order valence-corrected chi connectivity index (χ0v) is 22.9. The fraction of sp³-hybridized carbons (Fsp3) is 0.321. The number of nitrogens with one attached hydrogen (secondary N) is 3. The molecule has 0 aliphatic carbocycles. The number of dihydropyridines is 1. The van der Waals surface area contributed by atoms with E-state index in [9.17, 15) is 23.1 Å². The summed E-state index contributed by atoms with van der Waals surface area (Å²) in [4.78, 5) is 18.5. The number of amidine groups is 1. The summed E-state index contributed by atoms with van der Waals surface area (Å²) in [5.41, 5.74) is 4.65. The molecular formula is C28H28Cl2F3N5O2. The number of benzene rings is 2. The predicted octanol–water partition coefficient (Wildman–Crippen LogP) is 5.51. The number of hydrogen-bond acceptors (Lipinski definition) is 5. The first-order valence-electron chi connectivity index (χ1n) is 12.6. The van der Waals surface area contributed by atoms with E-state index in [1.807, 2.05) is 30.3 Å². The Labute approximate surface area is 239 Å². The molecule has 0 saturated carbocycles. The summed E-state index contributed by atoms with van der Waals surface area (Å²) in [6.45, 7) is 0.185. The monoisotopic (exact) mass is 593 g/mol. The molecule has 2 aromatic carbocycles. The summed E-state index contributed by atoms with van der Waals surface area (Å²) >= 11 is 12.2. The Hall–Kier alpha value is -3.18. The topological polar surface area (TPSA) is 101 Å². The summed E-state index contributed by atoms with van der Waals surface area (Å²) in [6.07, 6.45) is -3.94. The molecule has 0 unspecified atom stereocenters. The van der Waals surface area contributed by atoms with Gasteiger partial charge in [-0.2, -0.15) is 13.2 Å². The van der Waals surface area contributed by atoms with Gasteiger partial charge in [-0.25, -0.2) is 4.79 Å².